The summed E-state index contributed by atoms with van der Waals surface area (Å²) in [4.78, 5) is 18.0. The van der Waals surface area contributed by atoms with Gasteiger partial charge < -0.3 is 11.6 Å². The normalized spacial score (nSPS) is 8.66. The quantitative estimate of drug-likeness (QED) is 0.402. The van der Waals surface area contributed by atoms with Crippen molar-refractivity contribution < 1.29 is 72.6 Å². The van der Waals surface area contributed by atoms with Gasteiger partial charge in [0.05, 0.1) is 0 Å². The molecule has 0 saturated carbocycles. The Balaban J connectivity index is -0.000000266. The van der Waals surface area contributed by atoms with Crippen LogP contribution in [0.25, 0.3) is 0 Å². The molecule has 0 spiro atoms. The van der Waals surface area contributed by atoms with Gasteiger partial charge in [-0.15, -0.1) is 0 Å². The number of carboxylic acids is 2. The van der Waals surface area contributed by atoms with Crippen LogP contribution in [0.2, 0.25) is 0 Å². The molecule has 0 aromatic heterocycles. The summed E-state index contributed by atoms with van der Waals surface area (Å²) in [6.07, 6.45) is 0. The second-order valence-electron chi connectivity index (χ2n) is 5.38. The molecule has 3 aromatic carbocycles. The zero-order valence-electron chi connectivity index (χ0n) is 18.6. The molecule has 152 valence electrons. The number of aliphatic carboxylic acids is 2. The fraction of sp³-hybridized carbons (Fsp3) is 0.0909. The van der Waals surface area contributed by atoms with Crippen LogP contribution in [0.4, 0.5) is 0 Å². The number of hydrogen-bond acceptors (Lipinski definition) is 2. The number of carbonyl (C=O) groups is 2. The summed E-state index contributed by atoms with van der Waals surface area (Å²) < 4.78 is 0. The molecule has 0 unspecified atom stereocenters. The number of carboxylic acid groups (broad SMARTS) is 2. The summed E-state index contributed by atoms with van der Waals surface area (Å²) in [6.45, 7) is 2.17. The van der Waals surface area contributed by atoms with Crippen molar-refractivity contribution >= 4 is 35.8 Å². The average molecular weight is 514 g/mol. The maximum atomic E-state index is 9.00. The Morgan fingerprint density at radius 3 is 1.00 bits per heavy atom. The monoisotopic (exact) mass is 513 g/mol. The van der Waals surface area contributed by atoms with Gasteiger partial charge in [-0.05, 0) is 23.8 Å². The molecule has 0 bridgehead atoms. The first-order chi connectivity index (χ1) is 12.9. The van der Waals surface area contributed by atoms with Crippen molar-refractivity contribution in [3.8, 4) is 0 Å². The molecule has 3 aromatic rings. The van der Waals surface area contributed by atoms with Crippen LogP contribution >= 0.6 is 7.92 Å². The van der Waals surface area contributed by atoms with Crippen molar-refractivity contribution in [2.24, 2.45) is 0 Å². The largest absolute Gasteiger partial charge is 1.00 e. The fourth-order valence-corrected chi connectivity index (χ4v) is 4.48. The molecule has 7 heteroatoms. The molecule has 4 nitrogen and oxygen atoms in total. The van der Waals surface area contributed by atoms with Gasteiger partial charge >= 0.3 is 31.0 Å². The summed E-state index contributed by atoms with van der Waals surface area (Å²) in [6, 6.07) is 32.3. The maximum Gasteiger partial charge on any atom is 1.00 e. The second-order valence-corrected chi connectivity index (χ2v) is 7.60. The molecule has 2 N–H and O–H groups in total. The van der Waals surface area contributed by atoms with Crippen molar-refractivity contribution in [3.63, 3.8) is 0 Å². The standard InChI is InChI=1S/C18H15P.2C2H4O2.Na.Pd.H/c1-4-10-16(11-5-1)19(17-12-6-2-7-13-17)18-14-8-3-9-15-18;2*1-2(3)4;;;/h1-15H;2*1H3,(H,3,4);;;/q;;;+1;;-1/p+1. The van der Waals surface area contributed by atoms with E-state index in [0.717, 1.165) is 13.8 Å². The number of rotatable bonds is 3. The van der Waals surface area contributed by atoms with E-state index in [1.807, 2.05) is 0 Å². The van der Waals surface area contributed by atoms with Gasteiger partial charge in [0.2, 0.25) is 0 Å². The van der Waals surface area contributed by atoms with Crippen LogP contribution in [0.3, 0.4) is 0 Å². The summed E-state index contributed by atoms with van der Waals surface area (Å²) in [5, 5.41) is 19.0. The molecule has 29 heavy (non-hydrogen) atoms. The average Bonchev–Trinajstić information content (AvgIpc) is 2.64. The first-order valence-electron chi connectivity index (χ1n) is 8.26. The van der Waals surface area contributed by atoms with Gasteiger partial charge in [0, 0.05) is 34.3 Å². The van der Waals surface area contributed by atoms with Gasteiger partial charge in [-0.3, -0.25) is 9.59 Å². The number of benzene rings is 3. The van der Waals surface area contributed by atoms with E-state index in [1.54, 1.807) is 0 Å². The Morgan fingerprint density at radius 1 is 0.655 bits per heavy atom. The predicted octanol–water partition coefficient (Wildman–Crippen LogP) is 0.853. The van der Waals surface area contributed by atoms with Gasteiger partial charge in [0.1, 0.15) is 0 Å². The Kier molecular flexibility index (Phi) is 18.1. The SMILES string of the molecule is CC(=O)O.CC(=O)O.[H+].[H-].[Na+].[Pd].c1ccc(P(c2ccccc2)c2ccccc2)cc1. The second kappa shape index (κ2) is 17.5. The zero-order chi connectivity index (χ0) is 20.1. The van der Waals surface area contributed by atoms with E-state index in [1.165, 1.54) is 15.9 Å². The van der Waals surface area contributed by atoms with Crippen molar-refractivity contribution in [1.29, 1.82) is 0 Å². The summed E-state index contributed by atoms with van der Waals surface area (Å²) in [5.41, 5.74) is 0. The van der Waals surface area contributed by atoms with Crippen molar-refractivity contribution in [2.75, 3.05) is 0 Å². The Labute approximate surface area is 212 Å². The third-order valence-electron chi connectivity index (χ3n) is 3.04. The van der Waals surface area contributed by atoms with Crippen molar-refractivity contribution in [3.05, 3.63) is 91.0 Å². The van der Waals surface area contributed by atoms with Crippen LogP contribution in [-0.4, -0.2) is 22.2 Å². The first kappa shape index (κ1) is 29.9. The third kappa shape index (κ3) is 13.5. The molecule has 0 saturated heterocycles. The van der Waals surface area contributed by atoms with Crippen molar-refractivity contribution in [1.82, 2.24) is 0 Å². The molecule has 0 aliphatic carbocycles. The molecule has 0 amide bonds. The van der Waals surface area contributed by atoms with Crippen LogP contribution in [0.15, 0.2) is 91.0 Å². The van der Waals surface area contributed by atoms with Crippen LogP contribution in [0.5, 0.6) is 0 Å². The predicted molar refractivity (Wildman–Crippen MR) is 114 cm³/mol. The van der Waals surface area contributed by atoms with E-state index in [-0.39, 0.29) is 52.8 Å². The Morgan fingerprint density at radius 2 is 0.828 bits per heavy atom. The van der Waals surface area contributed by atoms with Crippen LogP contribution in [0, 0.1) is 0 Å². The third-order valence-corrected chi connectivity index (χ3v) is 5.49. The van der Waals surface area contributed by atoms with E-state index in [9.17, 15) is 0 Å². The van der Waals surface area contributed by atoms with Crippen LogP contribution in [0.1, 0.15) is 16.7 Å². The first-order valence-corrected chi connectivity index (χ1v) is 9.60. The summed E-state index contributed by atoms with van der Waals surface area (Å²) in [7, 11) is -0.446. The molecule has 3 rings (SSSR count). The molecular formula is C22H25NaO4PPd+. The van der Waals surface area contributed by atoms with Gasteiger partial charge in [-0.2, -0.15) is 0 Å². The van der Waals surface area contributed by atoms with E-state index in [2.05, 4.69) is 91.0 Å². The number of hydrogen-bond donors (Lipinski definition) is 2. The van der Waals surface area contributed by atoms with Crippen LogP contribution < -0.4 is 45.5 Å². The fourth-order valence-electron chi connectivity index (χ4n) is 2.18. The minimum absolute atomic E-state index is 0. The molecule has 0 aliphatic heterocycles. The van der Waals surface area contributed by atoms with Gasteiger partial charge in [0.25, 0.3) is 11.9 Å². The van der Waals surface area contributed by atoms with Crippen LogP contribution in [-0.2, 0) is 30.0 Å². The van der Waals surface area contributed by atoms with Gasteiger partial charge in [0.15, 0.2) is 0 Å². The Bertz CT molecular complexity index is 715. The minimum Gasteiger partial charge on any atom is -1.00 e. The van der Waals surface area contributed by atoms with E-state index in [4.69, 9.17) is 19.8 Å². The minimum atomic E-state index is -0.833. The summed E-state index contributed by atoms with van der Waals surface area (Å²) >= 11 is 0. The molecule has 0 atom stereocenters. The molecule has 0 radical (unpaired) electrons. The Hall–Kier alpha value is -1.31. The zero-order valence-corrected chi connectivity index (χ0v) is 21.1. The topological polar surface area (TPSA) is 74.6 Å². The van der Waals surface area contributed by atoms with E-state index < -0.39 is 19.9 Å². The molecule has 0 fully saturated rings. The van der Waals surface area contributed by atoms with Crippen molar-refractivity contribution in [2.45, 2.75) is 13.8 Å². The van der Waals surface area contributed by atoms with Gasteiger partial charge in [-0.25, -0.2) is 0 Å². The smallest absolute Gasteiger partial charge is 1.00 e. The van der Waals surface area contributed by atoms with E-state index in [0.29, 0.717) is 0 Å². The van der Waals surface area contributed by atoms with E-state index >= 15 is 0 Å². The molecule has 0 aliphatic rings. The molecular weight excluding hydrogens is 489 g/mol. The summed E-state index contributed by atoms with van der Waals surface area (Å²) in [5.74, 6) is -1.67. The maximum absolute atomic E-state index is 9.00. The molecule has 0 heterocycles. The van der Waals surface area contributed by atoms with Gasteiger partial charge in [-0.1, -0.05) is 91.0 Å².